The zero-order valence-electron chi connectivity index (χ0n) is 17.2. The quantitative estimate of drug-likeness (QED) is 0.400. The van der Waals surface area contributed by atoms with Gasteiger partial charge in [0, 0.05) is 17.5 Å². The van der Waals surface area contributed by atoms with Crippen LogP contribution in [0.2, 0.25) is 0 Å². The van der Waals surface area contributed by atoms with Gasteiger partial charge in [-0.1, -0.05) is 24.3 Å². The zero-order valence-corrected chi connectivity index (χ0v) is 18.0. The lowest BCUT2D eigenvalue weighted by molar-refractivity contribution is -0.135. The molecule has 4 heterocycles. The number of benzene rings is 1. The molecule has 7 nitrogen and oxygen atoms in total. The lowest BCUT2D eigenvalue weighted by atomic mass is 10.2. The van der Waals surface area contributed by atoms with Crippen molar-refractivity contribution < 1.29 is 18.7 Å². The number of amides is 1. The molecular weight excluding hydrogens is 426 g/mol. The maximum Gasteiger partial charge on any atom is 0.357 e. The number of carbonyl (C=O) groups is 2. The van der Waals surface area contributed by atoms with Crippen LogP contribution >= 0.6 is 11.3 Å². The molecule has 3 aromatic heterocycles. The number of hydrogen-bond donors (Lipinski definition) is 0. The molecule has 1 atom stereocenters. The van der Waals surface area contributed by atoms with E-state index < -0.39 is 5.97 Å². The monoisotopic (exact) mass is 447 g/mol. The van der Waals surface area contributed by atoms with Gasteiger partial charge in [0.25, 0.3) is 5.91 Å². The molecule has 0 N–H and O–H groups in total. The van der Waals surface area contributed by atoms with Gasteiger partial charge in [0.05, 0.1) is 18.0 Å². The first-order valence-electron chi connectivity index (χ1n) is 10.4. The Balaban J connectivity index is 1.34. The molecular formula is C24H21N3O4S. The van der Waals surface area contributed by atoms with Gasteiger partial charge in [-0.05, 0) is 48.6 Å². The number of aromatic nitrogens is 2. The summed E-state index contributed by atoms with van der Waals surface area (Å²) in [5, 5.41) is 6.53. The van der Waals surface area contributed by atoms with Crippen molar-refractivity contribution in [3.05, 3.63) is 82.9 Å². The third-order valence-corrected chi connectivity index (χ3v) is 6.44. The standard InChI is InChI=1S/C24H21N3O4S/c28-23(26-12-4-9-19(26)22-11-6-14-32-22)16-31-24(29)20-15-18(21-10-5-13-30-21)25-27(20)17-7-2-1-3-8-17/h1-3,5-8,10-11,13-15,19H,4,9,12,16H2. The van der Waals surface area contributed by atoms with Crippen molar-refractivity contribution >= 4 is 23.2 Å². The minimum absolute atomic E-state index is 0.0570. The highest BCUT2D eigenvalue weighted by Gasteiger charge is 2.31. The highest BCUT2D eigenvalue weighted by Crippen LogP contribution is 2.34. The van der Waals surface area contributed by atoms with E-state index in [0.29, 0.717) is 23.7 Å². The average molecular weight is 448 g/mol. The third-order valence-electron chi connectivity index (χ3n) is 5.46. The molecule has 32 heavy (non-hydrogen) atoms. The fourth-order valence-corrected chi connectivity index (χ4v) is 4.84. The fourth-order valence-electron chi connectivity index (χ4n) is 3.96. The Bertz CT molecular complexity index is 1200. The molecule has 1 aliphatic rings. The Morgan fingerprint density at radius 3 is 2.75 bits per heavy atom. The van der Waals surface area contributed by atoms with Gasteiger partial charge >= 0.3 is 5.97 Å². The SMILES string of the molecule is O=C(OCC(=O)N1CCCC1c1cccs1)c1cc(-c2ccco2)nn1-c1ccccc1. The van der Waals surface area contributed by atoms with Crippen LogP contribution in [0.5, 0.6) is 0 Å². The molecule has 1 unspecified atom stereocenters. The van der Waals surface area contributed by atoms with E-state index in [-0.39, 0.29) is 24.2 Å². The van der Waals surface area contributed by atoms with E-state index in [4.69, 9.17) is 9.15 Å². The van der Waals surface area contributed by atoms with Gasteiger partial charge in [-0.3, -0.25) is 4.79 Å². The molecule has 5 rings (SSSR count). The number of thiophene rings is 1. The number of nitrogens with zero attached hydrogens (tertiary/aromatic N) is 3. The summed E-state index contributed by atoms with van der Waals surface area (Å²) in [6, 6.07) is 18.5. The molecule has 0 spiro atoms. The summed E-state index contributed by atoms with van der Waals surface area (Å²) in [5.41, 5.74) is 1.45. The van der Waals surface area contributed by atoms with Gasteiger partial charge < -0.3 is 14.1 Å². The van der Waals surface area contributed by atoms with Crippen LogP contribution in [-0.2, 0) is 9.53 Å². The summed E-state index contributed by atoms with van der Waals surface area (Å²) in [7, 11) is 0. The number of likely N-dealkylation sites (tertiary alicyclic amines) is 1. The van der Waals surface area contributed by atoms with Gasteiger partial charge in [-0.2, -0.15) is 5.10 Å². The summed E-state index contributed by atoms with van der Waals surface area (Å²) in [6.07, 6.45) is 3.41. The normalized spacial score (nSPS) is 15.8. The van der Waals surface area contributed by atoms with E-state index in [0.717, 1.165) is 17.7 Å². The average Bonchev–Trinajstić information content (AvgIpc) is 3.63. The molecule has 0 bridgehead atoms. The number of ether oxygens (including phenoxy) is 1. The predicted octanol–water partition coefficient (Wildman–Crippen LogP) is 4.71. The molecule has 1 aromatic carbocycles. The van der Waals surface area contributed by atoms with Crippen molar-refractivity contribution in [1.82, 2.24) is 14.7 Å². The van der Waals surface area contributed by atoms with Crippen LogP contribution in [-0.4, -0.2) is 39.7 Å². The summed E-state index contributed by atoms with van der Waals surface area (Å²) in [4.78, 5) is 28.8. The highest BCUT2D eigenvalue weighted by atomic mass is 32.1. The number of rotatable bonds is 6. The minimum Gasteiger partial charge on any atom is -0.463 e. The number of esters is 1. The maximum atomic E-state index is 13.0. The third kappa shape index (κ3) is 3.97. The molecule has 0 saturated carbocycles. The van der Waals surface area contributed by atoms with Gasteiger partial charge in [0.2, 0.25) is 0 Å². The maximum absolute atomic E-state index is 13.0. The van der Waals surface area contributed by atoms with Crippen molar-refractivity contribution in [3.63, 3.8) is 0 Å². The second kappa shape index (κ2) is 8.84. The van der Waals surface area contributed by atoms with E-state index in [1.807, 2.05) is 52.7 Å². The predicted molar refractivity (Wildman–Crippen MR) is 120 cm³/mol. The molecule has 4 aromatic rings. The van der Waals surface area contributed by atoms with Gasteiger partial charge in [-0.25, -0.2) is 9.48 Å². The second-order valence-corrected chi connectivity index (χ2v) is 8.46. The van der Waals surface area contributed by atoms with Crippen LogP contribution in [0.4, 0.5) is 0 Å². The van der Waals surface area contributed by atoms with Crippen molar-refractivity contribution in [2.45, 2.75) is 18.9 Å². The smallest absolute Gasteiger partial charge is 0.357 e. The lowest BCUT2D eigenvalue weighted by Gasteiger charge is -2.23. The van der Waals surface area contributed by atoms with Crippen molar-refractivity contribution in [3.8, 4) is 17.1 Å². The largest absolute Gasteiger partial charge is 0.463 e. The summed E-state index contributed by atoms with van der Waals surface area (Å²) >= 11 is 1.64. The van der Waals surface area contributed by atoms with Crippen LogP contribution in [0.1, 0.15) is 34.2 Å². The van der Waals surface area contributed by atoms with E-state index in [1.165, 1.54) is 4.68 Å². The van der Waals surface area contributed by atoms with Crippen LogP contribution in [0.15, 0.2) is 76.7 Å². The number of hydrogen-bond acceptors (Lipinski definition) is 6. The molecule has 8 heteroatoms. The van der Waals surface area contributed by atoms with Gasteiger partial charge in [-0.15, -0.1) is 11.3 Å². The first-order chi connectivity index (χ1) is 15.7. The number of para-hydroxylation sites is 1. The Labute approximate surface area is 188 Å². The van der Waals surface area contributed by atoms with Crippen molar-refractivity contribution in [2.24, 2.45) is 0 Å². The summed E-state index contributed by atoms with van der Waals surface area (Å²) in [6.45, 7) is 0.361. The minimum atomic E-state index is -0.612. The molecule has 1 amide bonds. The molecule has 0 aliphatic carbocycles. The summed E-state index contributed by atoms with van der Waals surface area (Å²) in [5.74, 6) is -0.258. The highest BCUT2D eigenvalue weighted by molar-refractivity contribution is 7.10. The van der Waals surface area contributed by atoms with Gasteiger partial charge in [0.1, 0.15) is 5.69 Å². The zero-order chi connectivity index (χ0) is 21.9. The van der Waals surface area contributed by atoms with E-state index in [2.05, 4.69) is 5.10 Å². The lowest BCUT2D eigenvalue weighted by Crippen LogP contribution is -2.34. The Morgan fingerprint density at radius 2 is 2.00 bits per heavy atom. The molecule has 1 fully saturated rings. The van der Waals surface area contributed by atoms with Crippen LogP contribution in [0.3, 0.4) is 0 Å². The number of furan rings is 1. The first-order valence-corrected chi connectivity index (χ1v) is 11.3. The van der Waals surface area contributed by atoms with Crippen molar-refractivity contribution in [1.29, 1.82) is 0 Å². The summed E-state index contributed by atoms with van der Waals surface area (Å²) < 4.78 is 12.4. The van der Waals surface area contributed by atoms with Crippen LogP contribution in [0, 0.1) is 0 Å². The fraction of sp³-hybridized carbons (Fsp3) is 0.208. The first kappa shape index (κ1) is 20.3. The van der Waals surface area contributed by atoms with Crippen LogP contribution < -0.4 is 0 Å². The van der Waals surface area contributed by atoms with E-state index in [9.17, 15) is 9.59 Å². The number of carbonyl (C=O) groups excluding carboxylic acids is 2. The molecule has 162 valence electrons. The van der Waals surface area contributed by atoms with E-state index >= 15 is 0 Å². The second-order valence-electron chi connectivity index (χ2n) is 7.48. The Kier molecular flexibility index (Phi) is 5.60. The molecule has 1 saturated heterocycles. The van der Waals surface area contributed by atoms with Crippen LogP contribution in [0.25, 0.3) is 17.1 Å². The Morgan fingerprint density at radius 1 is 1.12 bits per heavy atom. The van der Waals surface area contributed by atoms with Crippen molar-refractivity contribution in [2.75, 3.05) is 13.2 Å². The molecule has 1 aliphatic heterocycles. The topological polar surface area (TPSA) is 77.6 Å². The Hall–Kier alpha value is -3.65. The molecule has 0 radical (unpaired) electrons. The van der Waals surface area contributed by atoms with Gasteiger partial charge in [0.15, 0.2) is 18.1 Å². The van der Waals surface area contributed by atoms with E-state index in [1.54, 1.807) is 35.8 Å².